The maximum atomic E-state index is 9.05. The number of aromatic amines is 1. The van der Waals surface area contributed by atoms with Crippen LogP contribution in [0.1, 0.15) is 5.56 Å². The number of nitrogens with one attached hydrogen (secondary N) is 1. The number of imidazole rings is 1. The van der Waals surface area contributed by atoms with E-state index in [-0.39, 0.29) is 6.61 Å². The molecule has 0 saturated heterocycles. The van der Waals surface area contributed by atoms with Gasteiger partial charge in [-0.15, -0.1) is 0 Å². The Bertz CT molecular complexity index is 410. The Balaban J connectivity index is 2.83. The molecule has 0 aliphatic carbocycles. The first-order valence-electron chi connectivity index (χ1n) is 3.54. The molecule has 1 aromatic carbocycles. The molecule has 2 N–H and O–H groups in total. The second-order valence-electron chi connectivity index (χ2n) is 2.48. The minimum Gasteiger partial charge on any atom is -0.392 e. The summed E-state index contributed by atoms with van der Waals surface area (Å²) in [6.07, 6.45) is 1.62. The van der Waals surface area contributed by atoms with Crippen molar-refractivity contribution in [3.8, 4) is 0 Å². The number of halogens is 1. The van der Waals surface area contributed by atoms with Crippen molar-refractivity contribution in [1.29, 1.82) is 0 Å². The Morgan fingerprint density at radius 2 is 2.33 bits per heavy atom. The number of nitrogens with zero attached hydrogens (tertiary/aromatic N) is 1. The number of hydrogen-bond acceptors (Lipinski definition) is 2. The lowest BCUT2D eigenvalue weighted by Crippen LogP contribution is -1.87. The van der Waals surface area contributed by atoms with E-state index < -0.39 is 0 Å². The molecule has 0 amide bonds. The van der Waals surface area contributed by atoms with Gasteiger partial charge in [-0.2, -0.15) is 0 Å². The maximum Gasteiger partial charge on any atom is 0.0948 e. The van der Waals surface area contributed by atoms with Gasteiger partial charge in [-0.1, -0.05) is 15.9 Å². The lowest BCUT2D eigenvalue weighted by atomic mass is 10.2. The average Bonchev–Trinajstić information content (AvgIpc) is 2.52. The van der Waals surface area contributed by atoms with Crippen LogP contribution in [0.25, 0.3) is 11.0 Å². The molecule has 0 atom stereocenters. The highest BCUT2D eigenvalue weighted by atomic mass is 79.9. The normalized spacial score (nSPS) is 10.8. The summed E-state index contributed by atoms with van der Waals surface area (Å²) in [5, 5.41) is 9.05. The Hall–Kier alpha value is -0.870. The van der Waals surface area contributed by atoms with Gasteiger partial charge in [0.15, 0.2) is 0 Å². The van der Waals surface area contributed by atoms with Crippen LogP contribution in [0, 0.1) is 0 Å². The van der Waals surface area contributed by atoms with Gasteiger partial charge in [-0.05, 0) is 12.1 Å². The van der Waals surface area contributed by atoms with Crippen LogP contribution in [0.5, 0.6) is 0 Å². The third-order valence-electron chi connectivity index (χ3n) is 1.80. The Kier molecular flexibility index (Phi) is 1.86. The fraction of sp³-hybridized carbons (Fsp3) is 0.125. The molecule has 2 aromatic rings. The predicted octanol–water partition coefficient (Wildman–Crippen LogP) is 1.82. The Morgan fingerprint density at radius 3 is 3.08 bits per heavy atom. The van der Waals surface area contributed by atoms with Gasteiger partial charge in [0.25, 0.3) is 0 Å². The zero-order chi connectivity index (χ0) is 8.55. The lowest BCUT2D eigenvalue weighted by molar-refractivity contribution is 0.282. The standard InChI is InChI=1S/C8H7BrN2O/c9-6-1-2-7-8(5(6)3-12)11-4-10-7/h1-2,4,12H,3H2,(H,10,11). The van der Waals surface area contributed by atoms with Crippen LogP contribution in [-0.4, -0.2) is 15.1 Å². The molecule has 1 aromatic heterocycles. The van der Waals surface area contributed by atoms with Crippen molar-refractivity contribution in [2.75, 3.05) is 0 Å². The molecule has 4 heteroatoms. The van der Waals surface area contributed by atoms with Crippen molar-refractivity contribution in [2.45, 2.75) is 6.61 Å². The zero-order valence-electron chi connectivity index (χ0n) is 6.21. The Morgan fingerprint density at radius 1 is 1.50 bits per heavy atom. The highest BCUT2D eigenvalue weighted by molar-refractivity contribution is 9.10. The quantitative estimate of drug-likeness (QED) is 0.780. The molecule has 1 heterocycles. The van der Waals surface area contributed by atoms with Crippen LogP contribution in [0.2, 0.25) is 0 Å². The largest absolute Gasteiger partial charge is 0.392 e. The van der Waals surface area contributed by atoms with Crippen molar-refractivity contribution >= 4 is 27.0 Å². The van der Waals surface area contributed by atoms with E-state index in [1.54, 1.807) is 6.33 Å². The van der Waals surface area contributed by atoms with E-state index in [0.29, 0.717) is 0 Å². The van der Waals surface area contributed by atoms with E-state index in [9.17, 15) is 0 Å². The average molecular weight is 227 g/mol. The van der Waals surface area contributed by atoms with Crippen molar-refractivity contribution in [1.82, 2.24) is 9.97 Å². The van der Waals surface area contributed by atoms with Gasteiger partial charge < -0.3 is 10.1 Å². The van der Waals surface area contributed by atoms with Crippen LogP contribution in [0.3, 0.4) is 0 Å². The van der Waals surface area contributed by atoms with Crippen LogP contribution >= 0.6 is 15.9 Å². The van der Waals surface area contributed by atoms with Gasteiger partial charge in [-0.25, -0.2) is 4.98 Å². The second kappa shape index (κ2) is 2.88. The first kappa shape index (κ1) is 7.76. The fourth-order valence-electron chi connectivity index (χ4n) is 1.19. The number of aliphatic hydroxyl groups is 1. The number of benzene rings is 1. The molecule has 62 valence electrons. The van der Waals surface area contributed by atoms with E-state index in [2.05, 4.69) is 25.9 Å². The van der Waals surface area contributed by atoms with E-state index in [1.165, 1.54) is 0 Å². The number of aliphatic hydroxyl groups excluding tert-OH is 1. The summed E-state index contributed by atoms with van der Waals surface area (Å²) in [5.41, 5.74) is 2.60. The van der Waals surface area contributed by atoms with Crippen molar-refractivity contribution in [3.63, 3.8) is 0 Å². The third-order valence-corrected chi connectivity index (χ3v) is 2.54. The van der Waals surface area contributed by atoms with E-state index in [4.69, 9.17) is 5.11 Å². The van der Waals surface area contributed by atoms with Crippen LogP contribution < -0.4 is 0 Å². The van der Waals surface area contributed by atoms with Crippen molar-refractivity contribution in [3.05, 3.63) is 28.5 Å². The van der Waals surface area contributed by atoms with Gasteiger partial charge >= 0.3 is 0 Å². The second-order valence-corrected chi connectivity index (χ2v) is 3.34. The van der Waals surface area contributed by atoms with E-state index in [1.807, 2.05) is 12.1 Å². The highest BCUT2D eigenvalue weighted by Gasteiger charge is 2.05. The van der Waals surface area contributed by atoms with Gasteiger partial charge in [-0.3, -0.25) is 0 Å². The molecule has 2 rings (SSSR count). The molecule has 12 heavy (non-hydrogen) atoms. The summed E-state index contributed by atoms with van der Waals surface area (Å²) in [6.45, 7) is 0.00275. The summed E-state index contributed by atoms with van der Waals surface area (Å²) >= 11 is 3.35. The predicted molar refractivity (Wildman–Crippen MR) is 49.7 cm³/mol. The summed E-state index contributed by atoms with van der Waals surface area (Å²) in [7, 11) is 0. The molecule has 0 fully saturated rings. The van der Waals surface area contributed by atoms with E-state index in [0.717, 1.165) is 21.1 Å². The van der Waals surface area contributed by atoms with Crippen molar-refractivity contribution in [2.24, 2.45) is 0 Å². The number of rotatable bonds is 1. The van der Waals surface area contributed by atoms with Gasteiger partial charge in [0.2, 0.25) is 0 Å². The molecular weight excluding hydrogens is 220 g/mol. The summed E-state index contributed by atoms with van der Waals surface area (Å²) in [5.74, 6) is 0. The van der Waals surface area contributed by atoms with Crippen LogP contribution in [-0.2, 0) is 6.61 Å². The molecule has 0 bridgehead atoms. The zero-order valence-corrected chi connectivity index (χ0v) is 7.80. The summed E-state index contributed by atoms with van der Waals surface area (Å²) in [6, 6.07) is 3.82. The molecular formula is C8H7BrN2O. The first-order valence-corrected chi connectivity index (χ1v) is 4.33. The number of H-pyrrole nitrogens is 1. The number of aromatic nitrogens is 2. The number of fused-ring (bicyclic) bond motifs is 1. The maximum absolute atomic E-state index is 9.05. The molecule has 0 spiro atoms. The van der Waals surface area contributed by atoms with Crippen molar-refractivity contribution < 1.29 is 5.11 Å². The first-order chi connectivity index (χ1) is 5.83. The minimum atomic E-state index is 0.00275. The molecule has 0 radical (unpaired) electrons. The van der Waals surface area contributed by atoms with Crippen LogP contribution in [0.4, 0.5) is 0 Å². The molecule has 0 aliphatic rings. The molecule has 0 aliphatic heterocycles. The molecule has 0 unspecified atom stereocenters. The topological polar surface area (TPSA) is 48.9 Å². The monoisotopic (exact) mass is 226 g/mol. The molecule has 3 nitrogen and oxygen atoms in total. The fourth-order valence-corrected chi connectivity index (χ4v) is 1.64. The van der Waals surface area contributed by atoms with E-state index >= 15 is 0 Å². The Labute approximate surface area is 77.6 Å². The minimum absolute atomic E-state index is 0.00275. The summed E-state index contributed by atoms with van der Waals surface area (Å²) in [4.78, 5) is 7.08. The summed E-state index contributed by atoms with van der Waals surface area (Å²) < 4.78 is 0.893. The van der Waals surface area contributed by atoms with Crippen LogP contribution in [0.15, 0.2) is 22.9 Å². The molecule has 0 saturated carbocycles. The third kappa shape index (κ3) is 1.04. The van der Waals surface area contributed by atoms with Gasteiger partial charge in [0.05, 0.1) is 24.0 Å². The number of hydrogen-bond donors (Lipinski definition) is 2. The lowest BCUT2D eigenvalue weighted by Gasteiger charge is -1.99. The highest BCUT2D eigenvalue weighted by Crippen LogP contribution is 2.23. The SMILES string of the molecule is OCc1c(Br)ccc2[nH]cnc12. The van der Waals surface area contributed by atoms with Gasteiger partial charge in [0.1, 0.15) is 0 Å². The smallest absolute Gasteiger partial charge is 0.0948 e. The van der Waals surface area contributed by atoms with Gasteiger partial charge in [0, 0.05) is 10.0 Å².